The van der Waals surface area contributed by atoms with Gasteiger partial charge in [0.2, 0.25) is 0 Å². The number of nitrogens with zero attached hydrogens (tertiary/aromatic N) is 1. The maximum absolute atomic E-state index is 6.04. The van der Waals surface area contributed by atoms with E-state index in [1.807, 2.05) is 11.8 Å². The molecule has 1 aromatic carbocycles. The summed E-state index contributed by atoms with van der Waals surface area (Å²) in [7, 11) is 0. The minimum absolute atomic E-state index is 0.636. The molecule has 1 heterocycles. The minimum Gasteiger partial charge on any atom is -0.366 e. The third kappa shape index (κ3) is 2.92. The maximum Gasteiger partial charge on any atom is 0.0427 e. The van der Waals surface area contributed by atoms with Crippen molar-refractivity contribution in [3.8, 4) is 0 Å². The predicted molar refractivity (Wildman–Crippen MR) is 86.0 cm³/mol. The molecule has 1 aromatic rings. The van der Waals surface area contributed by atoms with Gasteiger partial charge in [0.15, 0.2) is 0 Å². The third-order valence-corrected chi connectivity index (χ3v) is 5.13. The van der Waals surface area contributed by atoms with Crippen LogP contribution in [0.5, 0.6) is 0 Å². The molecule has 0 bridgehead atoms. The van der Waals surface area contributed by atoms with Crippen molar-refractivity contribution in [2.75, 3.05) is 10.7 Å². The first kappa shape index (κ1) is 14.7. The number of hydrogen-bond donors (Lipinski definition) is 1. The highest BCUT2D eigenvalue weighted by atomic mass is 32.2. The summed E-state index contributed by atoms with van der Waals surface area (Å²) in [5.41, 5.74) is 8.75. The summed E-state index contributed by atoms with van der Waals surface area (Å²) in [6.07, 6.45) is 3.83. The Balaban J connectivity index is 2.40. The van der Waals surface area contributed by atoms with Crippen LogP contribution in [0.1, 0.15) is 45.6 Å². The molecule has 0 amide bonds. The summed E-state index contributed by atoms with van der Waals surface area (Å²) in [6.45, 7) is 7.47. The van der Waals surface area contributed by atoms with Crippen LogP contribution in [0.15, 0.2) is 23.1 Å². The molecule has 0 aliphatic carbocycles. The number of hydrogen-bond acceptors (Lipinski definition) is 3. The summed E-state index contributed by atoms with van der Waals surface area (Å²) in [4.78, 5) is 3.97. The van der Waals surface area contributed by atoms with Crippen molar-refractivity contribution in [2.45, 2.75) is 63.6 Å². The van der Waals surface area contributed by atoms with Crippen LogP contribution >= 0.6 is 11.8 Å². The Morgan fingerprint density at radius 1 is 1.32 bits per heavy atom. The molecule has 2 unspecified atom stereocenters. The summed E-state index contributed by atoms with van der Waals surface area (Å²) < 4.78 is 0. The van der Waals surface area contributed by atoms with Crippen LogP contribution in [0.2, 0.25) is 0 Å². The molecule has 19 heavy (non-hydrogen) atoms. The molecular weight excluding hydrogens is 252 g/mol. The fourth-order valence-corrected chi connectivity index (χ4v) is 4.05. The fraction of sp³-hybridized carbons (Fsp3) is 0.625. The monoisotopic (exact) mass is 278 g/mol. The highest BCUT2D eigenvalue weighted by molar-refractivity contribution is 7.99. The smallest absolute Gasteiger partial charge is 0.0427 e. The summed E-state index contributed by atoms with van der Waals surface area (Å²) in [5.74, 6) is 1.10. The van der Waals surface area contributed by atoms with E-state index in [2.05, 4.69) is 43.9 Å². The molecule has 3 heteroatoms. The molecular formula is C16H26N2S. The van der Waals surface area contributed by atoms with Crippen LogP contribution < -0.4 is 10.6 Å². The van der Waals surface area contributed by atoms with Crippen LogP contribution in [-0.4, -0.2) is 17.8 Å². The van der Waals surface area contributed by atoms with Gasteiger partial charge in [0.05, 0.1) is 0 Å². The summed E-state index contributed by atoms with van der Waals surface area (Å²) >= 11 is 1.90. The lowest BCUT2D eigenvalue weighted by Gasteiger charge is -2.32. The molecule has 1 fully saturated rings. The second kappa shape index (κ2) is 6.67. The van der Waals surface area contributed by atoms with Gasteiger partial charge in [0.1, 0.15) is 0 Å². The van der Waals surface area contributed by atoms with Gasteiger partial charge in [-0.05, 0) is 44.1 Å². The number of rotatable bonds is 5. The number of benzene rings is 1. The molecule has 0 radical (unpaired) electrons. The van der Waals surface area contributed by atoms with Crippen molar-refractivity contribution in [1.29, 1.82) is 0 Å². The lowest BCUT2D eigenvalue weighted by Crippen LogP contribution is -2.35. The van der Waals surface area contributed by atoms with E-state index in [9.17, 15) is 0 Å². The van der Waals surface area contributed by atoms with Gasteiger partial charge in [-0.3, -0.25) is 0 Å². The first-order valence-electron chi connectivity index (χ1n) is 7.45. The number of nitrogens with two attached hydrogens (primary N) is 1. The van der Waals surface area contributed by atoms with E-state index in [-0.39, 0.29) is 0 Å². The van der Waals surface area contributed by atoms with Gasteiger partial charge < -0.3 is 10.6 Å². The summed E-state index contributed by atoms with van der Waals surface area (Å²) in [6, 6.07) is 7.97. The Kier molecular flexibility index (Phi) is 5.17. The summed E-state index contributed by atoms with van der Waals surface area (Å²) in [5, 5.41) is 0. The molecule has 1 aliphatic heterocycles. The Morgan fingerprint density at radius 2 is 2.11 bits per heavy atom. The number of anilines is 1. The maximum atomic E-state index is 6.04. The SMILES string of the molecule is CCSc1cccc(N2C(C)CCC2CC)c1CN. The van der Waals surface area contributed by atoms with E-state index in [0.29, 0.717) is 18.6 Å². The van der Waals surface area contributed by atoms with Gasteiger partial charge in [-0.1, -0.05) is 19.9 Å². The van der Waals surface area contributed by atoms with E-state index >= 15 is 0 Å². The van der Waals surface area contributed by atoms with Crippen molar-refractivity contribution in [1.82, 2.24) is 0 Å². The van der Waals surface area contributed by atoms with Gasteiger partial charge in [-0.15, -0.1) is 11.8 Å². The lowest BCUT2D eigenvalue weighted by atomic mass is 10.1. The van der Waals surface area contributed by atoms with E-state index in [1.54, 1.807) is 0 Å². The molecule has 0 spiro atoms. The second-order valence-electron chi connectivity index (χ2n) is 5.29. The van der Waals surface area contributed by atoms with Crippen molar-refractivity contribution >= 4 is 17.4 Å². The van der Waals surface area contributed by atoms with Crippen LogP contribution in [0.25, 0.3) is 0 Å². The Hall–Kier alpha value is -0.670. The van der Waals surface area contributed by atoms with E-state index in [1.165, 1.54) is 35.4 Å². The molecule has 0 aromatic heterocycles. The first-order chi connectivity index (χ1) is 9.22. The minimum atomic E-state index is 0.636. The average Bonchev–Trinajstić information content (AvgIpc) is 2.79. The standard InChI is InChI=1S/C16H26N2S/c1-4-13-10-9-12(3)18(13)15-7-6-8-16(19-5-2)14(15)11-17/h6-8,12-13H,4-5,9-11,17H2,1-3H3. The average molecular weight is 278 g/mol. The zero-order valence-corrected chi connectivity index (χ0v) is 13.2. The van der Waals surface area contributed by atoms with Crippen LogP contribution in [-0.2, 0) is 6.54 Å². The molecule has 2 N–H and O–H groups in total. The van der Waals surface area contributed by atoms with E-state index in [0.717, 1.165) is 5.75 Å². The normalized spacial score (nSPS) is 23.1. The molecule has 2 atom stereocenters. The van der Waals surface area contributed by atoms with Crippen LogP contribution in [0.4, 0.5) is 5.69 Å². The van der Waals surface area contributed by atoms with Crippen molar-refractivity contribution in [3.63, 3.8) is 0 Å². The van der Waals surface area contributed by atoms with Gasteiger partial charge in [-0.2, -0.15) is 0 Å². The molecule has 1 aliphatic rings. The molecule has 2 rings (SSSR count). The Labute approximate surface area is 121 Å². The van der Waals surface area contributed by atoms with E-state index < -0.39 is 0 Å². The predicted octanol–water partition coefficient (Wildman–Crippen LogP) is 4.02. The molecule has 2 nitrogen and oxygen atoms in total. The zero-order valence-electron chi connectivity index (χ0n) is 12.4. The van der Waals surface area contributed by atoms with Crippen LogP contribution in [0, 0.1) is 0 Å². The third-order valence-electron chi connectivity index (χ3n) is 4.15. The zero-order chi connectivity index (χ0) is 13.8. The second-order valence-corrected chi connectivity index (χ2v) is 6.59. The highest BCUT2D eigenvalue weighted by Gasteiger charge is 2.30. The van der Waals surface area contributed by atoms with Gasteiger partial charge >= 0.3 is 0 Å². The first-order valence-corrected chi connectivity index (χ1v) is 8.44. The largest absolute Gasteiger partial charge is 0.366 e. The topological polar surface area (TPSA) is 29.3 Å². The van der Waals surface area contributed by atoms with Crippen LogP contribution in [0.3, 0.4) is 0 Å². The Morgan fingerprint density at radius 3 is 2.74 bits per heavy atom. The van der Waals surface area contributed by atoms with Gasteiger partial charge in [-0.25, -0.2) is 0 Å². The van der Waals surface area contributed by atoms with Gasteiger partial charge in [0.25, 0.3) is 0 Å². The lowest BCUT2D eigenvalue weighted by molar-refractivity contribution is 0.624. The highest BCUT2D eigenvalue weighted by Crippen LogP contribution is 2.37. The number of thioether (sulfide) groups is 1. The molecule has 1 saturated heterocycles. The fourth-order valence-electron chi connectivity index (χ4n) is 3.20. The molecule has 0 saturated carbocycles. The quantitative estimate of drug-likeness (QED) is 0.825. The molecule has 106 valence electrons. The van der Waals surface area contributed by atoms with Crippen molar-refractivity contribution < 1.29 is 0 Å². The Bertz CT molecular complexity index is 419. The van der Waals surface area contributed by atoms with E-state index in [4.69, 9.17) is 5.73 Å². The van der Waals surface area contributed by atoms with Gasteiger partial charge in [0, 0.05) is 34.8 Å². The van der Waals surface area contributed by atoms with Crippen molar-refractivity contribution in [2.24, 2.45) is 5.73 Å². The van der Waals surface area contributed by atoms with Crippen molar-refractivity contribution in [3.05, 3.63) is 23.8 Å².